The molecule has 0 aliphatic heterocycles. The zero-order valence-electron chi connectivity index (χ0n) is 8.25. The Morgan fingerprint density at radius 3 is 2.65 bits per heavy atom. The fourth-order valence-electron chi connectivity index (χ4n) is 1.36. The Morgan fingerprint density at radius 1 is 1.29 bits per heavy atom. The SMILES string of the molecule is Nc1c(Cl)cnc2ccc(OC(F)(F)F)cc12. The topological polar surface area (TPSA) is 48.1 Å². The molecule has 0 bridgehead atoms. The lowest BCUT2D eigenvalue weighted by Crippen LogP contribution is -2.17. The first-order valence-corrected chi connectivity index (χ1v) is 4.84. The second kappa shape index (κ2) is 3.96. The number of pyridine rings is 1. The van der Waals surface area contributed by atoms with Crippen LogP contribution >= 0.6 is 11.6 Å². The Balaban J connectivity index is 2.53. The van der Waals surface area contributed by atoms with Gasteiger partial charge in [-0.2, -0.15) is 0 Å². The molecule has 17 heavy (non-hydrogen) atoms. The van der Waals surface area contributed by atoms with Crippen LogP contribution in [0.2, 0.25) is 5.02 Å². The Hall–Kier alpha value is -1.69. The number of nitrogens with zero attached hydrogens (tertiary/aromatic N) is 1. The summed E-state index contributed by atoms with van der Waals surface area (Å²) in [6.45, 7) is 0. The second-order valence-corrected chi connectivity index (χ2v) is 3.65. The van der Waals surface area contributed by atoms with E-state index in [0.717, 1.165) is 12.1 Å². The first kappa shape index (κ1) is 11.8. The Morgan fingerprint density at radius 2 is 2.00 bits per heavy atom. The molecule has 2 aromatic rings. The molecule has 0 unspecified atom stereocenters. The van der Waals surface area contributed by atoms with Gasteiger partial charge in [-0.3, -0.25) is 4.98 Å². The molecule has 0 aliphatic carbocycles. The van der Waals surface area contributed by atoms with Crippen molar-refractivity contribution in [1.82, 2.24) is 4.98 Å². The van der Waals surface area contributed by atoms with Crippen molar-refractivity contribution in [3.05, 3.63) is 29.4 Å². The summed E-state index contributed by atoms with van der Waals surface area (Å²) in [5.74, 6) is -0.360. The molecule has 0 fully saturated rings. The van der Waals surface area contributed by atoms with Crippen LogP contribution in [-0.4, -0.2) is 11.3 Å². The van der Waals surface area contributed by atoms with Crippen molar-refractivity contribution < 1.29 is 17.9 Å². The summed E-state index contributed by atoms with van der Waals surface area (Å²) in [4.78, 5) is 3.93. The van der Waals surface area contributed by atoms with Gasteiger partial charge < -0.3 is 10.5 Å². The van der Waals surface area contributed by atoms with Crippen molar-refractivity contribution in [3.63, 3.8) is 0 Å². The maximum atomic E-state index is 12.0. The Labute approximate surface area is 99.0 Å². The largest absolute Gasteiger partial charge is 0.573 e. The summed E-state index contributed by atoms with van der Waals surface area (Å²) in [5.41, 5.74) is 6.26. The number of nitrogens with two attached hydrogens (primary N) is 1. The molecule has 3 nitrogen and oxygen atoms in total. The van der Waals surface area contributed by atoms with E-state index in [0.29, 0.717) is 10.9 Å². The van der Waals surface area contributed by atoms with Crippen LogP contribution in [-0.2, 0) is 0 Å². The molecular weight excluding hydrogens is 257 g/mol. The highest BCUT2D eigenvalue weighted by atomic mass is 35.5. The third-order valence-corrected chi connectivity index (χ3v) is 2.37. The Kier molecular flexibility index (Phi) is 2.74. The summed E-state index contributed by atoms with van der Waals surface area (Å²) in [7, 11) is 0. The van der Waals surface area contributed by atoms with E-state index in [1.54, 1.807) is 0 Å². The van der Waals surface area contributed by atoms with Crippen LogP contribution in [0.4, 0.5) is 18.9 Å². The molecule has 0 saturated heterocycles. The van der Waals surface area contributed by atoms with Gasteiger partial charge in [-0.1, -0.05) is 11.6 Å². The maximum Gasteiger partial charge on any atom is 0.573 e. The highest BCUT2D eigenvalue weighted by Crippen LogP contribution is 2.31. The monoisotopic (exact) mass is 262 g/mol. The van der Waals surface area contributed by atoms with Gasteiger partial charge in [-0.15, -0.1) is 13.2 Å². The van der Waals surface area contributed by atoms with E-state index in [1.807, 2.05) is 0 Å². The third-order valence-electron chi connectivity index (χ3n) is 2.07. The van der Waals surface area contributed by atoms with E-state index < -0.39 is 6.36 Å². The molecule has 90 valence electrons. The summed E-state index contributed by atoms with van der Waals surface area (Å²) in [6, 6.07) is 3.69. The summed E-state index contributed by atoms with van der Waals surface area (Å²) in [6.07, 6.45) is -3.40. The molecule has 2 N–H and O–H groups in total. The molecule has 1 aromatic heterocycles. The quantitative estimate of drug-likeness (QED) is 0.857. The number of benzene rings is 1. The molecule has 1 heterocycles. The van der Waals surface area contributed by atoms with Crippen LogP contribution < -0.4 is 10.5 Å². The first-order valence-electron chi connectivity index (χ1n) is 4.46. The van der Waals surface area contributed by atoms with E-state index in [4.69, 9.17) is 17.3 Å². The lowest BCUT2D eigenvalue weighted by atomic mass is 10.2. The molecule has 7 heteroatoms. The van der Waals surface area contributed by atoms with Crippen molar-refractivity contribution in [1.29, 1.82) is 0 Å². The van der Waals surface area contributed by atoms with Crippen molar-refractivity contribution in [2.45, 2.75) is 6.36 Å². The zero-order valence-corrected chi connectivity index (χ0v) is 9.01. The average Bonchev–Trinajstić information content (AvgIpc) is 2.22. The molecule has 0 aliphatic rings. The number of rotatable bonds is 1. The standard InChI is InChI=1S/C10H6ClF3N2O/c11-7-4-16-8-2-1-5(17-10(12,13)14)3-6(8)9(7)15/h1-4H,(H2,15,16). The van der Waals surface area contributed by atoms with Crippen LogP contribution in [0.3, 0.4) is 0 Å². The molecule has 0 radical (unpaired) electrons. The minimum absolute atomic E-state index is 0.171. The molecule has 0 atom stereocenters. The summed E-state index contributed by atoms with van der Waals surface area (Å²) >= 11 is 5.72. The van der Waals surface area contributed by atoms with Gasteiger partial charge in [0.15, 0.2) is 0 Å². The van der Waals surface area contributed by atoms with Gasteiger partial charge in [0.05, 0.1) is 16.2 Å². The predicted molar refractivity (Wildman–Crippen MR) is 57.8 cm³/mol. The van der Waals surface area contributed by atoms with E-state index in [1.165, 1.54) is 12.3 Å². The molecular formula is C10H6ClF3N2O. The fourth-order valence-corrected chi connectivity index (χ4v) is 1.52. The van der Waals surface area contributed by atoms with Gasteiger partial charge in [0.1, 0.15) is 5.75 Å². The van der Waals surface area contributed by atoms with Gasteiger partial charge in [0, 0.05) is 11.6 Å². The lowest BCUT2D eigenvalue weighted by Gasteiger charge is -2.10. The highest BCUT2D eigenvalue weighted by Gasteiger charge is 2.31. The van der Waals surface area contributed by atoms with Crippen molar-refractivity contribution in [2.75, 3.05) is 5.73 Å². The number of alkyl halides is 3. The van der Waals surface area contributed by atoms with Gasteiger partial charge >= 0.3 is 6.36 Å². The smallest absolute Gasteiger partial charge is 0.406 e. The number of hydrogen-bond acceptors (Lipinski definition) is 3. The van der Waals surface area contributed by atoms with Crippen molar-refractivity contribution in [2.24, 2.45) is 0 Å². The average molecular weight is 263 g/mol. The van der Waals surface area contributed by atoms with Crippen LogP contribution in [0.5, 0.6) is 5.75 Å². The summed E-state index contributed by atoms with van der Waals surface area (Å²) < 4.78 is 39.9. The zero-order chi connectivity index (χ0) is 12.6. The van der Waals surface area contributed by atoms with Crippen LogP contribution in [0.15, 0.2) is 24.4 Å². The predicted octanol–water partition coefficient (Wildman–Crippen LogP) is 3.37. The van der Waals surface area contributed by atoms with E-state index in [9.17, 15) is 13.2 Å². The number of halogens is 4. The van der Waals surface area contributed by atoms with Gasteiger partial charge in [-0.25, -0.2) is 0 Å². The van der Waals surface area contributed by atoms with E-state index in [-0.39, 0.29) is 16.5 Å². The number of aromatic nitrogens is 1. The number of nitrogen functional groups attached to an aromatic ring is 1. The molecule has 0 amide bonds. The van der Waals surface area contributed by atoms with Crippen molar-refractivity contribution in [3.8, 4) is 5.75 Å². The number of hydrogen-bond donors (Lipinski definition) is 1. The third kappa shape index (κ3) is 2.52. The van der Waals surface area contributed by atoms with Crippen molar-refractivity contribution >= 4 is 28.2 Å². The highest BCUT2D eigenvalue weighted by molar-refractivity contribution is 6.34. The normalized spacial score (nSPS) is 11.8. The molecule has 0 saturated carbocycles. The van der Waals surface area contributed by atoms with Gasteiger partial charge in [0.25, 0.3) is 0 Å². The van der Waals surface area contributed by atoms with Gasteiger partial charge in [0.2, 0.25) is 0 Å². The summed E-state index contributed by atoms with van der Waals surface area (Å²) in [5, 5.41) is 0.501. The molecule has 1 aromatic carbocycles. The Bertz CT molecular complexity index is 571. The van der Waals surface area contributed by atoms with Crippen LogP contribution in [0.25, 0.3) is 10.9 Å². The molecule has 2 rings (SSSR count). The first-order chi connectivity index (χ1) is 7.87. The number of anilines is 1. The van der Waals surface area contributed by atoms with E-state index in [2.05, 4.69) is 9.72 Å². The minimum atomic E-state index is -4.74. The van der Waals surface area contributed by atoms with Gasteiger partial charge in [-0.05, 0) is 18.2 Å². The number of ether oxygens (including phenoxy) is 1. The molecule has 0 spiro atoms. The number of fused-ring (bicyclic) bond motifs is 1. The van der Waals surface area contributed by atoms with Crippen LogP contribution in [0.1, 0.15) is 0 Å². The van der Waals surface area contributed by atoms with E-state index >= 15 is 0 Å². The lowest BCUT2D eigenvalue weighted by molar-refractivity contribution is -0.274. The minimum Gasteiger partial charge on any atom is -0.406 e. The maximum absolute atomic E-state index is 12.0. The van der Waals surface area contributed by atoms with Crippen LogP contribution in [0, 0.1) is 0 Å². The fraction of sp³-hybridized carbons (Fsp3) is 0.100. The second-order valence-electron chi connectivity index (χ2n) is 3.25.